The fraction of sp³-hybridized carbons (Fsp3) is 0.158. The summed E-state index contributed by atoms with van der Waals surface area (Å²) >= 11 is 0. The number of H-pyrrole nitrogens is 1. The lowest BCUT2D eigenvalue weighted by atomic mass is 10.1. The van der Waals surface area contributed by atoms with Crippen molar-refractivity contribution in [1.29, 1.82) is 0 Å². The number of hydrogen-bond donors (Lipinski definition) is 3. The van der Waals surface area contributed by atoms with Gasteiger partial charge >= 0.3 is 0 Å². The van der Waals surface area contributed by atoms with E-state index in [2.05, 4.69) is 20.3 Å². The average Bonchev–Trinajstić information content (AvgIpc) is 3.13. The second kappa shape index (κ2) is 6.91. The molecule has 0 saturated heterocycles. The highest BCUT2D eigenvalue weighted by molar-refractivity contribution is 5.97. The first kappa shape index (κ1) is 16.8. The summed E-state index contributed by atoms with van der Waals surface area (Å²) in [5, 5.41) is 2.83. The monoisotopic (exact) mass is 363 g/mol. The Morgan fingerprint density at radius 1 is 1.22 bits per heavy atom. The first-order chi connectivity index (χ1) is 13.1. The van der Waals surface area contributed by atoms with E-state index in [4.69, 9.17) is 10.5 Å². The molecule has 3 aromatic rings. The molecule has 3 heterocycles. The minimum atomic E-state index is -0.530. The highest BCUT2D eigenvalue weighted by atomic mass is 16.5. The van der Waals surface area contributed by atoms with Crippen LogP contribution in [0.4, 0.5) is 0 Å². The average molecular weight is 363 g/mol. The molecule has 0 fully saturated rings. The van der Waals surface area contributed by atoms with E-state index in [1.54, 1.807) is 24.4 Å². The fourth-order valence-electron chi connectivity index (χ4n) is 2.93. The zero-order valence-electron chi connectivity index (χ0n) is 14.4. The maximum absolute atomic E-state index is 11.9. The van der Waals surface area contributed by atoms with Crippen molar-refractivity contribution < 1.29 is 14.3 Å². The SMILES string of the molecule is NC(=O)COc1ccc(-c2nccc(-c3cc4c([nH]3)CCNC4=O)n2)cc1. The molecule has 0 spiro atoms. The number of nitrogens with two attached hydrogens (primary N) is 1. The summed E-state index contributed by atoms with van der Waals surface area (Å²) in [7, 11) is 0. The minimum absolute atomic E-state index is 0.0698. The Kier molecular flexibility index (Phi) is 4.29. The van der Waals surface area contributed by atoms with Gasteiger partial charge in [-0.25, -0.2) is 9.97 Å². The summed E-state index contributed by atoms with van der Waals surface area (Å²) in [6, 6.07) is 10.7. The van der Waals surface area contributed by atoms with Crippen molar-refractivity contribution in [2.45, 2.75) is 6.42 Å². The molecule has 136 valence electrons. The topological polar surface area (TPSA) is 123 Å². The van der Waals surface area contributed by atoms with Crippen LogP contribution >= 0.6 is 0 Å². The van der Waals surface area contributed by atoms with Crippen molar-refractivity contribution in [2.75, 3.05) is 13.2 Å². The molecule has 2 aromatic heterocycles. The van der Waals surface area contributed by atoms with Gasteiger partial charge in [0.25, 0.3) is 11.8 Å². The van der Waals surface area contributed by atoms with Crippen molar-refractivity contribution in [1.82, 2.24) is 20.3 Å². The lowest BCUT2D eigenvalue weighted by Crippen LogP contribution is -2.31. The first-order valence-corrected chi connectivity index (χ1v) is 8.45. The highest BCUT2D eigenvalue weighted by Crippen LogP contribution is 2.25. The van der Waals surface area contributed by atoms with Gasteiger partial charge in [0.1, 0.15) is 5.75 Å². The van der Waals surface area contributed by atoms with Gasteiger partial charge < -0.3 is 20.8 Å². The van der Waals surface area contributed by atoms with Crippen LogP contribution in [0.25, 0.3) is 22.8 Å². The van der Waals surface area contributed by atoms with Crippen molar-refractivity contribution in [3.63, 3.8) is 0 Å². The molecule has 4 N–H and O–H groups in total. The number of rotatable bonds is 5. The van der Waals surface area contributed by atoms with Gasteiger partial charge in [-0.2, -0.15) is 0 Å². The Morgan fingerprint density at radius 2 is 2.04 bits per heavy atom. The molecule has 2 amide bonds. The number of hydrogen-bond acceptors (Lipinski definition) is 5. The number of amides is 2. The van der Waals surface area contributed by atoms with Crippen molar-refractivity contribution >= 4 is 11.8 Å². The van der Waals surface area contributed by atoms with E-state index in [0.29, 0.717) is 29.4 Å². The number of primary amides is 1. The summed E-state index contributed by atoms with van der Waals surface area (Å²) in [5.74, 6) is 0.486. The largest absolute Gasteiger partial charge is 0.484 e. The zero-order valence-corrected chi connectivity index (χ0v) is 14.4. The molecular formula is C19H17N5O3. The number of aromatic amines is 1. The molecule has 27 heavy (non-hydrogen) atoms. The molecule has 0 atom stereocenters. The highest BCUT2D eigenvalue weighted by Gasteiger charge is 2.20. The van der Waals surface area contributed by atoms with Gasteiger partial charge in [-0.15, -0.1) is 0 Å². The second-order valence-electron chi connectivity index (χ2n) is 6.13. The molecule has 1 aliphatic heterocycles. The van der Waals surface area contributed by atoms with Crippen LogP contribution in [0.2, 0.25) is 0 Å². The standard InChI is InChI=1S/C19H17N5O3/c20-17(25)10-27-12-3-1-11(2-4-12)18-21-7-6-15(24-18)16-9-13-14(23-16)5-8-22-19(13)26/h1-4,6-7,9,23H,5,8,10H2,(H2,20,25)(H,22,26). The molecule has 8 heteroatoms. The number of carbonyl (C=O) groups is 2. The predicted octanol–water partition coefficient (Wildman–Crippen LogP) is 1.29. The van der Waals surface area contributed by atoms with E-state index in [1.165, 1.54) is 0 Å². The lowest BCUT2D eigenvalue weighted by Gasteiger charge is -2.10. The molecule has 0 saturated carbocycles. The Balaban J connectivity index is 1.59. The number of carbonyl (C=O) groups excluding carboxylic acids is 2. The molecule has 0 radical (unpaired) electrons. The smallest absolute Gasteiger partial charge is 0.255 e. The van der Waals surface area contributed by atoms with Crippen LogP contribution in [0.3, 0.4) is 0 Å². The van der Waals surface area contributed by atoms with E-state index in [1.807, 2.05) is 18.2 Å². The summed E-state index contributed by atoms with van der Waals surface area (Å²) < 4.78 is 5.25. The summed E-state index contributed by atoms with van der Waals surface area (Å²) in [6.45, 7) is 0.460. The van der Waals surface area contributed by atoms with Gasteiger partial charge in [0.05, 0.1) is 17.0 Å². The number of aromatic nitrogens is 3. The van der Waals surface area contributed by atoms with E-state index in [0.717, 1.165) is 23.4 Å². The Hall–Kier alpha value is -3.68. The van der Waals surface area contributed by atoms with Crippen LogP contribution in [0.15, 0.2) is 42.6 Å². The van der Waals surface area contributed by atoms with Crippen molar-refractivity contribution in [2.24, 2.45) is 5.73 Å². The minimum Gasteiger partial charge on any atom is -0.484 e. The van der Waals surface area contributed by atoms with Crippen LogP contribution in [-0.2, 0) is 11.2 Å². The summed E-state index contributed by atoms with van der Waals surface area (Å²) in [4.78, 5) is 34.9. The van der Waals surface area contributed by atoms with Gasteiger partial charge in [-0.3, -0.25) is 9.59 Å². The van der Waals surface area contributed by atoms with Crippen LogP contribution in [-0.4, -0.2) is 39.9 Å². The Morgan fingerprint density at radius 3 is 2.78 bits per heavy atom. The normalized spacial score (nSPS) is 13.0. The number of ether oxygens (including phenoxy) is 1. The van der Waals surface area contributed by atoms with E-state index in [9.17, 15) is 9.59 Å². The van der Waals surface area contributed by atoms with Gasteiger partial charge in [0.15, 0.2) is 12.4 Å². The van der Waals surface area contributed by atoms with Crippen LogP contribution in [0, 0.1) is 0 Å². The molecular weight excluding hydrogens is 346 g/mol. The molecule has 1 aliphatic rings. The van der Waals surface area contributed by atoms with Crippen molar-refractivity contribution in [3.8, 4) is 28.5 Å². The third kappa shape index (κ3) is 3.50. The molecule has 0 unspecified atom stereocenters. The molecule has 4 rings (SSSR count). The van der Waals surface area contributed by atoms with Gasteiger partial charge in [-0.05, 0) is 36.4 Å². The fourth-order valence-corrected chi connectivity index (χ4v) is 2.93. The molecule has 1 aromatic carbocycles. The van der Waals surface area contributed by atoms with Crippen LogP contribution in [0.1, 0.15) is 16.1 Å². The molecule has 0 aliphatic carbocycles. The maximum atomic E-state index is 11.9. The van der Waals surface area contributed by atoms with E-state index >= 15 is 0 Å². The number of nitrogens with one attached hydrogen (secondary N) is 2. The lowest BCUT2D eigenvalue weighted by molar-refractivity contribution is -0.119. The Labute approximate surface area is 154 Å². The van der Waals surface area contributed by atoms with Gasteiger partial charge in [0.2, 0.25) is 0 Å². The molecule has 0 bridgehead atoms. The van der Waals surface area contributed by atoms with E-state index in [-0.39, 0.29) is 12.5 Å². The Bertz CT molecular complexity index is 1010. The number of nitrogens with zero attached hydrogens (tertiary/aromatic N) is 2. The van der Waals surface area contributed by atoms with Gasteiger partial charge in [-0.1, -0.05) is 0 Å². The zero-order chi connectivity index (χ0) is 18.8. The number of benzene rings is 1. The third-order valence-electron chi connectivity index (χ3n) is 4.23. The van der Waals surface area contributed by atoms with E-state index < -0.39 is 5.91 Å². The predicted molar refractivity (Wildman–Crippen MR) is 98.0 cm³/mol. The maximum Gasteiger partial charge on any atom is 0.255 e. The third-order valence-corrected chi connectivity index (χ3v) is 4.23. The second-order valence-corrected chi connectivity index (χ2v) is 6.13. The van der Waals surface area contributed by atoms with Crippen LogP contribution in [0.5, 0.6) is 5.75 Å². The van der Waals surface area contributed by atoms with Crippen LogP contribution < -0.4 is 15.8 Å². The number of fused-ring (bicyclic) bond motifs is 1. The van der Waals surface area contributed by atoms with Crippen molar-refractivity contribution in [3.05, 3.63) is 53.9 Å². The quantitative estimate of drug-likeness (QED) is 0.630. The summed E-state index contributed by atoms with van der Waals surface area (Å²) in [6.07, 6.45) is 2.45. The first-order valence-electron chi connectivity index (χ1n) is 8.45. The van der Waals surface area contributed by atoms with Gasteiger partial charge in [0, 0.05) is 30.4 Å². The molecule has 8 nitrogen and oxygen atoms in total. The summed E-state index contributed by atoms with van der Waals surface area (Å²) in [5.41, 5.74) is 8.93.